The van der Waals surface area contributed by atoms with Crippen LogP contribution in [0, 0.1) is 0 Å². The smallest absolute Gasteiger partial charge is 0.160 e. The molecule has 0 amide bonds. The lowest BCUT2D eigenvalue weighted by Gasteiger charge is -2.38. The standard InChI is InChI=1S/C12H17NO2S/c14-6-2-5-13(10-3-1-4-10)11-7-12(8-15)16-9-11/h7-10,14H,1-6H2. The Bertz CT molecular complexity index is 347. The Kier molecular flexibility index (Phi) is 3.96. The zero-order valence-electron chi connectivity index (χ0n) is 9.26. The average Bonchev–Trinajstić information content (AvgIpc) is 2.69. The van der Waals surface area contributed by atoms with E-state index < -0.39 is 0 Å². The summed E-state index contributed by atoms with van der Waals surface area (Å²) in [6.07, 6.45) is 5.46. The van der Waals surface area contributed by atoms with Gasteiger partial charge in [0.05, 0.1) is 4.88 Å². The summed E-state index contributed by atoms with van der Waals surface area (Å²) in [5.41, 5.74) is 1.14. The molecule has 1 heterocycles. The van der Waals surface area contributed by atoms with Crippen LogP contribution in [-0.2, 0) is 0 Å². The Morgan fingerprint density at radius 3 is 2.88 bits per heavy atom. The lowest BCUT2D eigenvalue weighted by Crippen LogP contribution is -2.40. The number of aldehydes is 1. The van der Waals surface area contributed by atoms with Crippen LogP contribution in [0.5, 0.6) is 0 Å². The van der Waals surface area contributed by atoms with Crippen molar-refractivity contribution in [1.82, 2.24) is 0 Å². The Morgan fingerprint density at radius 2 is 2.38 bits per heavy atom. The third kappa shape index (κ3) is 2.44. The first-order chi connectivity index (χ1) is 7.85. The molecule has 1 aliphatic carbocycles. The number of hydrogen-bond donors (Lipinski definition) is 1. The average molecular weight is 239 g/mol. The molecule has 0 spiro atoms. The number of hydrogen-bond acceptors (Lipinski definition) is 4. The van der Waals surface area contributed by atoms with Crippen LogP contribution in [0.25, 0.3) is 0 Å². The van der Waals surface area contributed by atoms with Crippen LogP contribution in [0.2, 0.25) is 0 Å². The van der Waals surface area contributed by atoms with Gasteiger partial charge >= 0.3 is 0 Å². The van der Waals surface area contributed by atoms with Gasteiger partial charge in [0.15, 0.2) is 6.29 Å². The van der Waals surface area contributed by atoms with Crippen molar-refractivity contribution in [3.63, 3.8) is 0 Å². The zero-order valence-corrected chi connectivity index (χ0v) is 10.1. The first kappa shape index (κ1) is 11.6. The topological polar surface area (TPSA) is 40.5 Å². The lowest BCUT2D eigenvalue weighted by atomic mass is 9.91. The van der Waals surface area contributed by atoms with E-state index in [-0.39, 0.29) is 6.61 Å². The highest BCUT2D eigenvalue weighted by Gasteiger charge is 2.25. The van der Waals surface area contributed by atoms with Crippen molar-refractivity contribution in [3.8, 4) is 0 Å². The van der Waals surface area contributed by atoms with Crippen molar-refractivity contribution in [2.45, 2.75) is 31.7 Å². The Morgan fingerprint density at radius 1 is 1.56 bits per heavy atom. The third-order valence-electron chi connectivity index (χ3n) is 3.13. The van der Waals surface area contributed by atoms with E-state index in [0.717, 1.165) is 29.8 Å². The SMILES string of the molecule is O=Cc1cc(N(CCCO)C2CCC2)cs1. The van der Waals surface area contributed by atoms with E-state index in [1.807, 2.05) is 11.4 Å². The van der Waals surface area contributed by atoms with Gasteiger partial charge in [-0.15, -0.1) is 11.3 Å². The number of aliphatic hydroxyl groups excluding tert-OH is 1. The summed E-state index contributed by atoms with van der Waals surface area (Å²) in [6.45, 7) is 1.12. The van der Waals surface area contributed by atoms with Gasteiger partial charge in [-0.2, -0.15) is 0 Å². The Labute approximate surface area is 99.7 Å². The van der Waals surface area contributed by atoms with Crippen molar-refractivity contribution in [1.29, 1.82) is 0 Å². The summed E-state index contributed by atoms with van der Waals surface area (Å²) in [6, 6.07) is 2.56. The van der Waals surface area contributed by atoms with Gasteiger partial charge in [-0.1, -0.05) is 0 Å². The summed E-state index contributed by atoms with van der Waals surface area (Å²) >= 11 is 1.49. The van der Waals surface area contributed by atoms with Crippen LogP contribution < -0.4 is 4.90 Å². The van der Waals surface area contributed by atoms with Crippen molar-refractivity contribution >= 4 is 23.3 Å². The largest absolute Gasteiger partial charge is 0.396 e. The summed E-state index contributed by atoms with van der Waals surface area (Å²) in [5, 5.41) is 10.9. The maximum absolute atomic E-state index is 10.7. The number of anilines is 1. The van der Waals surface area contributed by atoms with Gasteiger partial charge in [0.1, 0.15) is 0 Å². The first-order valence-corrected chi connectivity index (χ1v) is 6.64. The molecule has 1 fully saturated rings. The molecule has 2 rings (SSSR count). The molecule has 4 heteroatoms. The maximum Gasteiger partial charge on any atom is 0.160 e. The van der Waals surface area contributed by atoms with E-state index in [1.165, 1.54) is 30.6 Å². The molecule has 0 radical (unpaired) electrons. The first-order valence-electron chi connectivity index (χ1n) is 5.76. The fourth-order valence-corrected chi connectivity index (χ4v) is 2.72. The van der Waals surface area contributed by atoms with Gasteiger partial charge < -0.3 is 10.0 Å². The number of carbonyl (C=O) groups excluding carboxylic acids is 1. The highest BCUT2D eigenvalue weighted by molar-refractivity contribution is 7.12. The molecule has 1 aromatic heterocycles. The van der Waals surface area contributed by atoms with Crippen LogP contribution in [0.4, 0.5) is 5.69 Å². The molecular weight excluding hydrogens is 222 g/mol. The Hall–Kier alpha value is -0.870. The highest BCUT2D eigenvalue weighted by atomic mass is 32.1. The van der Waals surface area contributed by atoms with Gasteiger partial charge in [0.2, 0.25) is 0 Å². The van der Waals surface area contributed by atoms with Gasteiger partial charge in [-0.25, -0.2) is 0 Å². The van der Waals surface area contributed by atoms with E-state index in [0.29, 0.717) is 6.04 Å². The second-order valence-electron chi connectivity index (χ2n) is 4.18. The number of aliphatic hydroxyl groups is 1. The normalized spacial score (nSPS) is 15.8. The summed E-state index contributed by atoms with van der Waals surface area (Å²) < 4.78 is 0. The minimum atomic E-state index is 0.230. The minimum absolute atomic E-state index is 0.230. The molecule has 0 bridgehead atoms. The zero-order chi connectivity index (χ0) is 11.4. The van der Waals surface area contributed by atoms with Crippen LogP contribution in [0.1, 0.15) is 35.4 Å². The van der Waals surface area contributed by atoms with Crippen molar-refractivity contribution in [2.24, 2.45) is 0 Å². The molecule has 0 atom stereocenters. The molecule has 0 unspecified atom stereocenters. The van der Waals surface area contributed by atoms with Crippen molar-refractivity contribution in [2.75, 3.05) is 18.1 Å². The number of thiophene rings is 1. The lowest BCUT2D eigenvalue weighted by molar-refractivity contribution is 0.112. The van der Waals surface area contributed by atoms with E-state index >= 15 is 0 Å². The fraction of sp³-hybridized carbons (Fsp3) is 0.583. The summed E-state index contributed by atoms with van der Waals surface area (Å²) in [5.74, 6) is 0. The number of carbonyl (C=O) groups is 1. The molecule has 0 aromatic carbocycles. The molecule has 88 valence electrons. The molecule has 0 saturated heterocycles. The van der Waals surface area contributed by atoms with Crippen molar-refractivity contribution in [3.05, 3.63) is 16.3 Å². The van der Waals surface area contributed by atoms with Crippen molar-refractivity contribution < 1.29 is 9.90 Å². The van der Waals surface area contributed by atoms with Gasteiger partial charge in [-0.3, -0.25) is 4.79 Å². The third-order valence-corrected chi connectivity index (χ3v) is 3.97. The molecule has 1 saturated carbocycles. The number of rotatable bonds is 6. The second-order valence-corrected chi connectivity index (χ2v) is 5.12. The monoisotopic (exact) mass is 239 g/mol. The molecule has 0 aliphatic heterocycles. The number of nitrogens with zero attached hydrogens (tertiary/aromatic N) is 1. The molecule has 1 N–H and O–H groups in total. The van der Waals surface area contributed by atoms with E-state index in [2.05, 4.69) is 4.90 Å². The molecule has 16 heavy (non-hydrogen) atoms. The van der Waals surface area contributed by atoms with Gasteiger partial charge in [0.25, 0.3) is 0 Å². The molecular formula is C12H17NO2S. The predicted octanol–water partition coefficient (Wildman–Crippen LogP) is 2.30. The predicted molar refractivity (Wildman–Crippen MR) is 66.4 cm³/mol. The minimum Gasteiger partial charge on any atom is -0.396 e. The van der Waals surface area contributed by atoms with E-state index in [4.69, 9.17) is 5.11 Å². The van der Waals surface area contributed by atoms with Crippen LogP contribution in [0.3, 0.4) is 0 Å². The van der Waals surface area contributed by atoms with E-state index in [9.17, 15) is 4.79 Å². The highest BCUT2D eigenvalue weighted by Crippen LogP contribution is 2.32. The van der Waals surface area contributed by atoms with Crippen LogP contribution in [-0.4, -0.2) is 30.6 Å². The van der Waals surface area contributed by atoms with Crippen LogP contribution in [0.15, 0.2) is 11.4 Å². The van der Waals surface area contributed by atoms with E-state index in [1.54, 1.807) is 0 Å². The molecule has 1 aromatic rings. The molecule has 3 nitrogen and oxygen atoms in total. The maximum atomic E-state index is 10.7. The van der Waals surface area contributed by atoms with Gasteiger partial charge in [-0.05, 0) is 31.7 Å². The van der Waals surface area contributed by atoms with Gasteiger partial charge in [0, 0.05) is 30.3 Å². The Balaban J connectivity index is 2.06. The second kappa shape index (κ2) is 5.46. The fourth-order valence-electron chi connectivity index (χ4n) is 2.02. The van der Waals surface area contributed by atoms with Crippen LogP contribution >= 0.6 is 11.3 Å². The quantitative estimate of drug-likeness (QED) is 0.774. The summed E-state index contributed by atoms with van der Waals surface area (Å²) in [7, 11) is 0. The molecule has 1 aliphatic rings. The summed E-state index contributed by atoms with van der Waals surface area (Å²) in [4.78, 5) is 13.8.